The van der Waals surface area contributed by atoms with Gasteiger partial charge in [0.25, 0.3) is 11.8 Å². The molecule has 0 atom stereocenters. The molecule has 0 bridgehead atoms. The Morgan fingerprint density at radius 2 is 1.67 bits per heavy atom. The zero-order valence-electron chi connectivity index (χ0n) is 15.4. The lowest BCUT2D eigenvalue weighted by molar-refractivity contribution is 0.0695. The van der Waals surface area contributed by atoms with Crippen LogP contribution in [0.5, 0.6) is 0 Å². The highest BCUT2D eigenvalue weighted by atomic mass is 35.5. The van der Waals surface area contributed by atoms with Gasteiger partial charge in [0.2, 0.25) is 0 Å². The first-order valence-electron chi connectivity index (χ1n) is 8.52. The maximum absolute atomic E-state index is 12.4. The van der Waals surface area contributed by atoms with Crippen LogP contribution < -0.4 is 5.32 Å². The van der Waals surface area contributed by atoms with Gasteiger partial charge < -0.3 is 15.3 Å². The number of aryl methyl sites for hydroxylation is 1. The Balaban J connectivity index is 2.23. The van der Waals surface area contributed by atoms with Gasteiger partial charge in [0.05, 0.1) is 16.1 Å². The van der Waals surface area contributed by atoms with E-state index in [0.29, 0.717) is 29.9 Å². The van der Waals surface area contributed by atoms with Crippen LogP contribution in [0, 0.1) is 6.92 Å². The first-order chi connectivity index (χ1) is 12.8. The number of halogens is 1. The van der Waals surface area contributed by atoms with Gasteiger partial charge in [-0.3, -0.25) is 9.59 Å². The summed E-state index contributed by atoms with van der Waals surface area (Å²) in [6, 6.07) is 9.06. The molecule has 2 amide bonds. The van der Waals surface area contributed by atoms with Crippen LogP contribution in [0.1, 0.15) is 50.5 Å². The zero-order chi connectivity index (χ0) is 20.1. The molecular formula is C20H21ClN2O4. The van der Waals surface area contributed by atoms with Gasteiger partial charge in [0.1, 0.15) is 0 Å². The fourth-order valence-corrected chi connectivity index (χ4v) is 2.95. The van der Waals surface area contributed by atoms with E-state index in [2.05, 4.69) is 5.32 Å². The van der Waals surface area contributed by atoms with Crippen molar-refractivity contribution in [1.29, 1.82) is 0 Å². The van der Waals surface area contributed by atoms with Crippen molar-refractivity contribution < 1.29 is 19.5 Å². The van der Waals surface area contributed by atoms with E-state index in [-0.39, 0.29) is 22.1 Å². The number of carbonyl (C=O) groups excluding carboxylic acids is 2. The van der Waals surface area contributed by atoms with Gasteiger partial charge >= 0.3 is 5.97 Å². The number of carboxylic acids is 1. The average molecular weight is 389 g/mol. The molecule has 0 fully saturated rings. The summed E-state index contributed by atoms with van der Waals surface area (Å²) >= 11 is 6.23. The van der Waals surface area contributed by atoms with Crippen molar-refractivity contribution >= 4 is 35.1 Å². The molecule has 2 aromatic rings. The number of nitrogens with one attached hydrogen (secondary N) is 1. The lowest BCUT2D eigenvalue weighted by atomic mass is 10.1. The van der Waals surface area contributed by atoms with Crippen LogP contribution in [-0.4, -0.2) is 40.9 Å². The van der Waals surface area contributed by atoms with Crippen molar-refractivity contribution in [3.05, 3.63) is 63.7 Å². The molecule has 0 heterocycles. The van der Waals surface area contributed by atoms with Crippen molar-refractivity contribution in [2.45, 2.75) is 20.8 Å². The Labute approximate surface area is 162 Å². The number of aromatic carboxylic acids is 1. The van der Waals surface area contributed by atoms with Crippen molar-refractivity contribution in [3.8, 4) is 0 Å². The summed E-state index contributed by atoms with van der Waals surface area (Å²) in [6.45, 7) is 6.63. The molecule has 2 N–H and O–H groups in total. The number of rotatable bonds is 6. The lowest BCUT2D eigenvalue weighted by Crippen LogP contribution is -2.30. The molecule has 142 valence electrons. The monoisotopic (exact) mass is 388 g/mol. The average Bonchev–Trinajstić information content (AvgIpc) is 2.62. The van der Waals surface area contributed by atoms with Gasteiger partial charge in [0, 0.05) is 24.3 Å². The predicted octanol–water partition coefficient (Wildman–Crippen LogP) is 4.08. The van der Waals surface area contributed by atoms with Gasteiger partial charge in [-0.25, -0.2) is 4.79 Å². The molecule has 0 aliphatic rings. The van der Waals surface area contributed by atoms with Gasteiger partial charge in [-0.2, -0.15) is 0 Å². The second kappa shape index (κ2) is 8.68. The van der Waals surface area contributed by atoms with Crippen molar-refractivity contribution in [2.75, 3.05) is 18.4 Å². The molecule has 27 heavy (non-hydrogen) atoms. The fourth-order valence-electron chi connectivity index (χ4n) is 2.69. The Hall–Kier alpha value is -2.86. The van der Waals surface area contributed by atoms with Crippen LogP contribution in [0.2, 0.25) is 5.02 Å². The van der Waals surface area contributed by atoms with Crippen LogP contribution >= 0.6 is 11.6 Å². The highest BCUT2D eigenvalue weighted by Gasteiger charge is 2.17. The van der Waals surface area contributed by atoms with Gasteiger partial charge in [-0.05, 0) is 62.7 Å². The van der Waals surface area contributed by atoms with Crippen LogP contribution in [0.3, 0.4) is 0 Å². The van der Waals surface area contributed by atoms with E-state index in [4.69, 9.17) is 16.7 Å². The number of nitrogens with zero attached hydrogens (tertiary/aromatic N) is 1. The zero-order valence-corrected chi connectivity index (χ0v) is 16.1. The maximum Gasteiger partial charge on any atom is 0.335 e. The molecule has 0 aromatic heterocycles. The SMILES string of the molecule is CCN(CC)C(=O)c1ccc(NC(=O)c2cc(C)cc(C(=O)O)c2)cc1Cl. The Morgan fingerprint density at radius 3 is 2.22 bits per heavy atom. The van der Waals surface area contributed by atoms with Gasteiger partial charge in [0.15, 0.2) is 0 Å². The number of amides is 2. The third kappa shape index (κ3) is 4.86. The highest BCUT2D eigenvalue weighted by Crippen LogP contribution is 2.23. The molecule has 0 radical (unpaired) electrons. The van der Waals surface area contributed by atoms with E-state index >= 15 is 0 Å². The molecule has 0 aliphatic carbocycles. The summed E-state index contributed by atoms with van der Waals surface area (Å²) in [5.74, 6) is -1.73. The van der Waals surface area contributed by atoms with Gasteiger partial charge in [-0.15, -0.1) is 0 Å². The van der Waals surface area contributed by atoms with E-state index in [1.807, 2.05) is 13.8 Å². The highest BCUT2D eigenvalue weighted by molar-refractivity contribution is 6.34. The first kappa shape index (κ1) is 20.5. The minimum atomic E-state index is -1.10. The Bertz CT molecular complexity index is 892. The maximum atomic E-state index is 12.4. The number of benzene rings is 2. The molecule has 7 heteroatoms. The topological polar surface area (TPSA) is 86.7 Å². The minimum absolute atomic E-state index is 0.0401. The number of carboxylic acid groups (broad SMARTS) is 1. The standard InChI is InChI=1S/C20H21ClN2O4/c1-4-23(5-2)19(25)16-7-6-15(11-17(16)21)22-18(24)13-8-12(3)9-14(10-13)20(26)27/h6-11H,4-5H2,1-3H3,(H,22,24)(H,26,27). The van der Waals surface area contributed by atoms with E-state index in [1.54, 1.807) is 30.0 Å². The third-order valence-corrected chi connectivity index (χ3v) is 4.41. The molecule has 0 spiro atoms. The molecule has 0 saturated carbocycles. The summed E-state index contributed by atoms with van der Waals surface area (Å²) in [6.07, 6.45) is 0. The Morgan fingerprint density at radius 1 is 1.04 bits per heavy atom. The van der Waals surface area contributed by atoms with Crippen molar-refractivity contribution in [2.24, 2.45) is 0 Å². The summed E-state index contributed by atoms with van der Waals surface area (Å²) in [5, 5.41) is 12.0. The molecule has 0 unspecified atom stereocenters. The van der Waals surface area contributed by atoms with Crippen LogP contribution in [-0.2, 0) is 0 Å². The molecular weight excluding hydrogens is 368 g/mol. The van der Waals surface area contributed by atoms with E-state index in [1.165, 1.54) is 18.2 Å². The second-order valence-corrected chi connectivity index (χ2v) is 6.43. The fraction of sp³-hybridized carbons (Fsp3) is 0.250. The van der Waals surface area contributed by atoms with Crippen LogP contribution in [0.15, 0.2) is 36.4 Å². The lowest BCUT2D eigenvalue weighted by Gasteiger charge is -2.19. The minimum Gasteiger partial charge on any atom is -0.478 e. The molecule has 0 saturated heterocycles. The van der Waals surface area contributed by atoms with Crippen LogP contribution in [0.4, 0.5) is 5.69 Å². The normalized spacial score (nSPS) is 10.4. The van der Waals surface area contributed by atoms with Crippen LogP contribution in [0.25, 0.3) is 0 Å². The van der Waals surface area contributed by atoms with E-state index < -0.39 is 11.9 Å². The number of anilines is 1. The van der Waals surface area contributed by atoms with Gasteiger partial charge in [-0.1, -0.05) is 11.6 Å². The number of hydrogen-bond acceptors (Lipinski definition) is 3. The smallest absolute Gasteiger partial charge is 0.335 e. The molecule has 2 aromatic carbocycles. The van der Waals surface area contributed by atoms with Crippen molar-refractivity contribution in [3.63, 3.8) is 0 Å². The third-order valence-electron chi connectivity index (χ3n) is 4.09. The second-order valence-electron chi connectivity index (χ2n) is 6.02. The summed E-state index contributed by atoms with van der Waals surface area (Å²) in [4.78, 5) is 37.7. The molecule has 2 rings (SSSR count). The largest absolute Gasteiger partial charge is 0.478 e. The number of carbonyl (C=O) groups is 3. The number of hydrogen-bond donors (Lipinski definition) is 2. The predicted molar refractivity (Wildman–Crippen MR) is 105 cm³/mol. The quantitative estimate of drug-likeness (QED) is 0.780. The van der Waals surface area contributed by atoms with Crippen molar-refractivity contribution in [1.82, 2.24) is 4.90 Å². The molecule has 0 aliphatic heterocycles. The first-order valence-corrected chi connectivity index (χ1v) is 8.89. The Kier molecular flexibility index (Phi) is 6.58. The molecule has 6 nitrogen and oxygen atoms in total. The van der Waals surface area contributed by atoms with E-state index in [0.717, 1.165) is 0 Å². The summed E-state index contributed by atoms with van der Waals surface area (Å²) in [7, 11) is 0. The summed E-state index contributed by atoms with van der Waals surface area (Å²) < 4.78 is 0. The van der Waals surface area contributed by atoms with E-state index in [9.17, 15) is 14.4 Å². The summed E-state index contributed by atoms with van der Waals surface area (Å²) in [5.41, 5.74) is 1.71.